The number of hydrogen-bond acceptors (Lipinski definition) is 4. The SMILES string of the molecule is c1c(NC2CCC2)nnc2c1CNCC2. The Morgan fingerprint density at radius 3 is 3.07 bits per heavy atom. The molecule has 1 aromatic heterocycles. The molecule has 4 heteroatoms. The quantitative estimate of drug-likeness (QED) is 0.757. The van der Waals surface area contributed by atoms with Crippen LogP contribution in [0.2, 0.25) is 0 Å². The van der Waals surface area contributed by atoms with E-state index in [0.29, 0.717) is 6.04 Å². The van der Waals surface area contributed by atoms with Gasteiger partial charge in [0, 0.05) is 25.6 Å². The van der Waals surface area contributed by atoms with E-state index in [0.717, 1.165) is 31.0 Å². The molecule has 0 amide bonds. The molecule has 0 saturated heterocycles. The van der Waals surface area contributed by atoms with Crippen LogP contribution < -0.4 is 10.6 Å². The number of nitrogens with one attached hydrogen (secondary N) is 2. The molecular weight excluding hydrogens is 188 g/mol. The van der Waals surface area contributed by atoms with E-state index >= 15 is 0 Å². The summed E-state index contributed by atoms with van der Waals surface area (Å²) in [5, 5.41) is 15.3. The molecule has 0 unspecified atom stereocenters. The summed E-state index contributed by atoms with van der Waals surface area (Å²) in [5.74, 6) is 0.946. The maximum absolute atomic E-state index is 4.28. The van der Waals surface area contributed by atoms with E-state index in [1.807, 2.05) is 0 Å². The Hall–Kier alpha value is -1.16. The third kappa shape index (κ3) is 1.81. The first-order chi connectivity index (χ1) is 7.42. The van der Waals surface area contributed by atoms with Crippen LogP contribution in [-0.4, -0.2) is 22.8 Å². The monoisotopic (exact) mass is 204 g/mol. The molecule has 2 heterocycles. The minimum atomic E-state index is 0.633. The largest absolute Gasteiger partial charge is 0.366 e. The Bertz CT molecular complexity index is 360. The second-order valence-electron chi connectivity index (χ2n) is 4.40. The second kappa shape index (κ2) is 3.77. The van der Waals surface area contributed by atoms with Crippen LogP contribution in [0.25, 0.3) is 0 Å². The van der Waals surface area contributed by atoms with Crippen LogP contribution in [0.3, 0.4) is 0 Å². The first-order valence-corrected chi connectivity index (χ1v) is 5.74. The summed E-state index contributed by atoms with van der Waals surface area (Å²) in [6.07, 6.45) is 4.90. The van der Waals surface area contributed by atoms with Gasteiger partial charge < -0.3 is 10.6 Å². The van der Waals surface area contributed by atoms with Crippen LogP contribution in [0.5, 0.6) is 0 Å². The summed E-state index contributed by atoms with van der Waals surface area (Å²) >= 11 is 0. The smallest absolute Gasteiger partial charge is 0.149 e. The highest BCUT2D eigenvalue weighted by molar-refractivity contribution is 5.40. The van der Waals surface area contributed by atoms with E-state index in [2.05, 4.69) is 26.9 Å². The lowest BCUT2D eigenvalue weighted by Gasteiger charge is -2.27. The minimum absolute atomic E-state index is 0.633. The summed E-state index contributed by atoms with van der Waals surface area (Å²) in [6, 6.07) is 2.78. The standard InChI is InChI=1S/C11H16N4/c1-2-9(3-1)13-11-6-8-7-12-5-4-10(8)14-15-11/h6,9,12H,1-5,7H2,(H,13,15). The van der Waals surface area contributed by atoms with Crippen LogP contribution in [0.15, 0.2) is 6.07 Å². The van der Waals surface area contributed by atoms with Crippen molar-refractivity contribution in [1.29, 1.82) is 0 Å². The van der Waals surface area contributed by atoms with Gasteiger partial charge in [0.1, 0.15) is 5.82 Å². The van der Waals surface area contributed by atoms with Crippen molar-refractivity contribution in [2.45, 2.75) is 38.3 Å². The van der Waals surface area contributed by atoms with Gasteiger partial charge in [0.15, 0.2) is 0 Å². The number of nitrogens with zero attached hydrogens (tertiary/aromatic N) is 2. The van der Waals surface area contributed by atoms with Gasteiger partial charge in [0.2, 0.25) is 0 Å². The predicted octanol–water partition coefficient (Wildman–Crippen LogP) is 1.09. The highest BCUT2D eigenvalue weighted by Gasteiger charge is 2.18. The van der Waals surface area contributed by atoms with Crippen molar-refractivity contribution in [3.8, 4) is 0 Å². The molecule has 80 valence electrons. The first-order valence-electron chi connectivity index (χ1n) is 5.74. The first kappa shape index (κ1) is 9.09. The fraction of sp³-hybridized carbons (Fsp3) is 0.636. The van der Waals surface area contributed by atoms with Gasteiger partial charge in [0.05, 0.1) is 5.69 Å². The molecule has 3 rings (SSSR count). The normalized spacial score (nSPS) is 20.5. The Morgan fingerprint density at radius 1 is 1.33 bits per heavy atom. The average molecular weight is 204 g/mol. The molecule has 0 radical (unpaired) electrons. The van der Waals surface area contributed by atoms with Crippen molar-refractivity contribution < 1.29 is 0 Å². The Morgan fingerprint density at radius 2 is 2.27 bits per heavy atom. The van der Waals surface area contributed by atoms with Crippen LogP contribution in [0.1, 0.15) is 30.5 Å². The van der Waals surface area contributed by atoms with Crippen molar-refractivity contribution in [2.24, 2.45) is 0 Å². The zero-order chi connectivity index (χ0) is 10.1. The summed E-state index contributed by atoms with van der Waals surface area (Å²) in [5.41, 5.74) is 2.46. The molecule has 15 heavy (non-hydrogen) atoms. The third-order valence-electron chi connectivity index (χ3n) is 3.27. The van der Waals surface area contributed by atoms with E-state index in [1.54, 1.807) is 0 Å². The van der Waals surface area contributed by atoms with Gasteiger partial charge in [-0.1, -0.05) is 0 Å². The highest BCUT2D eigenvalue weighted by atomic mass is 15.2. The van der Waals surface area contributed by atoms with E-state index in [1.165, 1.54) is 24.8 Å². The third-order valence-corrected chi connectivity index (χ3v) is 3.27. The molecule has 0 spiro atoms. The summed E-state index contributed by atoms with van der Waals surface area (Å²) in [7, 11) is 0. The number of aromatic nitrogens is 2. The number of fused-ring (bicyclic) bond motifs is 1. The summed E-state index contributed by atoms with van der Waals surface area (Å²) in [4.78, 5) is 0. The lowest BCUT2D eigenvalue weighted by Crippen LogP contribution is -2.29. The van der Waals surface area contributed by atoms with Gasteiger partial charge in [-0.15, -0.1) is 5.10 Å². The Kier molecular flexibility index (Phi) is 2.29. The lowest BCUT2D eigenvalue weighted by molar-refractivity contribution is 0.443. The van der Waals surface area contributed by atoms with E-state index < -0.39 is 0 Å². The number of hydrogen-bond donors (Lipinski definition) is 2. The Labute approximate surface area is 89.5 Å². The maximum Gasteiger partial charge on any atom is 0.149 e. The van der Waals surface area contributed by atoms with Gasteiger partial charge in [-0.3, -0.25) is 0 Å². The van der Waals surface area contributed by atoms with Crippen LogP contribution in [0, 0.1) is 0 Å². The molecule has 1 saturated carbocycles. The fourth-order valence-corrected chi connectivity index (χ4v) is 2.08. The Balaban J connectivity index is 1.77. The molecular formula is C11H16N4. The lowest BCUT2D eigenvalue weighted by atomic mass is 9.93. The van der Waals surface area contributed by atoms with Gasteiger partial charge in [-0.05, 0) is 30.9 Å². The maximum atomic E-state index is 4.28. The van der Waals surface area contributed by atoms with Gasteiger partial charge in [-0.2, -0.15) is 5.10 Å². The molecule has 2 N–H and O–H groups in total. The van der Waals surface area contributed by atoms with E-state index in [-0.39, 0.29) is 0 Å². The topological polar surface area (TPSA) is 49.8 Å². The van der Waals surface area contributed by atoms with E-state index in [9.17, 15) is 0 Å². The number of rotatable bonds is 2. The average Bonchev–Trinajstić information content (AvgIpc) is 2.23. The van der Waals surface area contributed by atoms with Crippen molar-refractivity contribution in [2.75, 3.05) is 11.9 Å². The van der Waals surface area contributed by atoms with Crippen molar-refractivity contribution in [3.05, 3.63) is 17.3 Å². The molecule has 0 aromatic carbocycles. The highest BCUT2D eigenvalue weighted by Crippen LogP contribution is 2.23. The molecule has 2 aliphatic rings. The van der Waals surface area contributed by atoms with Gasteiger partial charge >= 0.3 is 0 Å². The minimum Gasteiger partial charge on any atom is -0.366 e. The summed E-state index contributed by atoms with van der Waals surface area (Å²) in [6.45, 7) is 1.96. The van der Waals surface area contributed by atoms with Gasteiger partial charge in [0.25, 0.3) is 0 Å². The van der Waals surface area contributed by atoms with Crippen LogP contribution in [0.4, 0.5) is 5.82 Å². The number of anilines is 1. The molecule has 1 aromatic rings. The van der Waals surface area contributed by atoms with Crippen LogP contribution in [-0.2, 0) is 13.0 Å². The molecule has 1 aliphatic heterocycles. The molecule has 0 bridgehead atoms. The fourth-order valence-electron chi connectivity index (χ4n) is 2.08. The zero-order valence-electron chi connectivity index (χ0n) is 8.79. The van der Waals surface area contributed by atoms with Gasteiger partial charge in [-0.25, -0.2) is 0 Å². The van der Waals surface area contributed by atoms with E-state index in [4.69, 9.17) is 0 Å². The molecule has 4 nitrogen and oxygen atoms in total. The zero-order valence-corrected chi connectivity index (χ0v) is 8.79. The summed E-state index contributed by atoms with van der Waals surface area (Å²) < 4.78 is 0. The van der Waals surface area contributed by atoms with Crippen molar-refractivity contribution in [1.82, 2.24) is 15.5 Å². The predicted molar refractivity (Wildman–Crippen MR) is 58.7 cm³/mol. The molecule has 1 fully saturated rings. The van der Waals surface area contributed by atoms with Crippen molar-refractivity contribution >= 4 is 5.82 Å². The van der Waals surface area contributed by atoms with Crippen LogP contribution >= 0.6 is 0 Å². The molecule has 1 aliphatic carbocycles. The van der Waals surface area contributed by atoms with Crippen molar-refractivity contribution in [3.63, 3.8) is 0 Å². The second-order valence-corrected chi connectivity index (χ2v) is 4.40. The molecule has 0 atom stereocenters.